The fraction of sp³-hybridized carbons (Fsp3) is 0.231. The molecule has 0 radical (unpaired) electrons. The standard InChI is InChI=1S/C26H24ClNO5/c1-4-12-32-20-11-9-17(13-15(20)2)24(29)22-23(21-10-8-16(3)33-21)28(26(31)25(22)30)19-7-5-6-18(27)14-19/h5-11,13-14,23,29H,4,12H2,1-3H3/b24-22-. The van der Waals surface area contributed by atoms with E-state index in [2.05, 4.69) is 0 Å². The van der Waals surface area contributed by atoms with Crippen LogP contribution in [0.1, 0.15) is 42.0 Å². The lowest BCUT2D eigenvalue weighted by atomic mass is 9.98. The van der Waals surface area contributed by atoms with Gasteiger partial charge >= 0.3 is 0 Å². The van der Waals surface area contributed by atoms with Crippen LogP contribution in [-0.2, 0) is 9.59 Å². The molecule has 1 unspecified atom stereocenters. The Morgan fingerprint density at radius 2 is 1.91 bits per heavy atom. The van der Waals surface area contributed by atoms with E-state index in [4.69, 9.17) is 20.8 Å². The van der Waals surface area contributed by atoms with Crippen LogP contribution in [0.4, 0.5) is 5.69 Å². The van der Waals surface area contributed by atoms with Crippen LogP contribution < -0.4 is 9.64 Å². The maximum Gasteiger partial charge on any atom is 0.300 e. The molecule has 2 heterocycles. The van der Waals surface area contributed by atoms with Crippen molar-refractivity contribution in [1.82, 2.24) is 0 Å². The van der Waals surface area contributed by atoms with Crippen molar-refractivity contribution in [2.75, 3.05) is 11.5 Å². The van der Waals surface area contributed by atoms with Crippen LogP contribution in [0.15, 0.2) is 64.6 Å². The van der Waals surface area contributed by atoms with Crippen LogP contribution in [0.25, 0.3) is 5.76 Å². The first-order chi connectivity index (χ1) is 15.8. The van der Waals surface area contributed by atoms with E-state index in [1.54, 1.807) is 61.5 Å². The SMILES string of the molecule is CCCOc1ccc(/C(O)=C2/C(=O)C(=O)N(c3cccc(Cl)c3)C2c2ccc(C)o2)cc1C. The van der Waals surface area contributed by atoms with E-state index in [1.807, 2.05) is 13.8 Å². The second kappa shape index (κ2) is 9.16. The minimum Gasteiger partial charge on any atom is -0.507 e. The van der Waals surface area contributed by atoms with Crippen molar-refractivity contribution in [3.8, 4) is 5.75 Å². The number of anilines is 1. The zero-order chi connectivity index (χ0) is 23.7. The summed E-state index contributed by atoms with van der Waals surface area (Å²) in [6.45, 7) is 6.23. The van der Waals surface area contributed by atoms with Gasteiger partial charge in [0.1, 0.15) is 29.1 Å². The number of hydrogen-bond donors (Lipinski definition) is 1. The summed E-state index contributed by atoms with van der Waals surface area (Å²) in [4.78, 5) is 27.6. The van der Waals surface area contributed by atoms with E-state index >= 15 is 0 Å². The van der Waals surface area contributed by atoms with Gasteiger partial charge in [-0.15, -0.1) is 0 Å². The molecule has 170 valence electrons. The maximum atomic E-state index is 13.2. The predicted octanol–water partition coefficient (Wildman–Crippen LogP) is 5.96. The zero-order valence-electron chi connectivity index (χ0n) is 18.6. The Bertz CT molecular complexity index is 1260. The van der Waals surface area contributed by atoms with Gasteiger partial charge in [0, 0.05) is 16.3 Å². The maximum absolute atomic E-state index is 13.2. The van der Waals surface area contributed by atoms with E-state index < -0.39 is 17.7 Å². The molecule has 0 spiro atoms. The summed E-state index contributed by atoms with van der Waals surface area (Å²) in [6.07, 6.45) is 0.872. The minimum atomic E-state index is -0.937. The van der Waals surface area contributed by atoms with Gasteiger partial charge in [0.15, 0.2) is 0 Å². The summed E-state index contributed by atoms with van der Waals surface area (Å²) in [5.74, 6) is -0.149. The number of rotatable bonds is 6. The van der Waals surface area contributed by atoms with Crippen molar-refractivity contribution in [3.05, 3.63) is 87.8 Å². The number of aliphatic hydroxyl groups is 1. The lowest BCUT2D eigenvalue weighted by Gasteiger charge is -2.23. The van der Waals surface area contributed by atoms with Gasteiger partial charge in [-0.25, -0.2) is 0 Å². The van der Waals surface area contributed by atoms with Gasteiger partial charge in [-0.3, -0.25) is 14.5 Å². The summed E-state index contributed by atoms with van der Waals surface area (Å²) in [5, 5.41) is 11.6. The monoisotopic (exact) mass is 465 g/mol. The molecule has 3 aromatic rings. The zero-order valence-corrected chi connectivity index (χ0v) is 19.3. The molecular weight excluding hydrogens is 442 g/mol. The van der Waals surface area contributed by atoms with Crippen LogP contribution >= 0.6 is 11.6 Å². The quantitative estimate of drug-likeness (QED) is 0.276. The molecule has 1 aliphatic rings. The number of carbonyl (C=O) groups excluding carboxylic acids is 2. The number of Topliss-reactive ketones (excluding diaryl/α,β-unsaturated/α-hetero) is 1. The van der Waals surface area contributed by atoms with E-state index in [1.165, 1.54) is 4.90 Å². The molecule has 0 aliphatic carbocycles. The van der Waals surface area contributed by atoms with Gasteiger partial charge in [-0.05, 0) is 74.4 Å². The van der Waals surface area contributed by atoms with Crippen LogP contribution in [0, 0.1) is 13.8 Å². The molecule has 7 heteroatoms. The van der Waals surface area contributed by atoms with Crippen LogP contribution in [0.5, 0.6) is 5.75 Å². The predicted molar refractivity (Wildman–Crippen MR) is 127 cm³/mol. The van der Waals surface area contributed by atoms with Crippen molar-refractivity contribution in [3.63, 3.8) is 0 Å². The van der Waals surface area contributed by atoms with Crippen molar-refractivity contribution < 1.29 is 23.8 Å². The Morgan fingerprint density at radius 1 is 1.12 bits per heavy atom. The molecule has 1 fully saturated rings. The Morgan fingerprint density at radius 3 is 2.55 bits per heavy atom. The van der Waals surface area contributed by atoms with Crippen molar-refractivity contribution in [1.29, 1.82) is 0 Å². The lowest BCUT2D eigenvalue weighted by Crippen LogP contribution is -2.29. The third-order valence-corrected chi connectivity index (χ3v) is 5.71. The van der Waals surface area contributed by atoms with E-state index in [-0.39, 0.29) is 11.3 Å². The molecule has 1 atom stereocenters. The molecule has 1 N–H and O–H groups in total. The number of furan rings is 1. The molecule has 6 nitrogen and oxygen atoms in total. The van der Waals surface area contributed by atoms with Gasteiger partial charge in [-0.1, -0.05) is 24.6 Å². The average molecular weight is 466 g/mol. The van der Waals surface area contributed by atoms with E-state index in [9.17, 15) is 14.7 Å². The number of aryl methyl sites for hydroxylation is 2. The third kappa shape index (κ3) is 4.26. The molecular formula is C26H24ClNO5. The first-order valence-corrected chi connectivity index (χ1v) is 11.1. The van der Waals surface area contributed by atoms with Gasteiger partial charge in [0.05, 0.1) is 12.2 Å². The number of halogens is 1. The van der Waals surface area contributed by atoms with Crippen molar-refractivity contribution in [2.24, 2.45) is 0 Å². The Labute approximate surface area is 197 Å². The Balaban J connectivity index is 1.86. The van der Waals surface area contributed by atoms with Crippen molar-refractivity contribution in [2.45, 2.75) is 33.2 Å². The van der Waals surface area contributed by atoms with Crippen molar-refractivity contribution >= 4 is 34.7 Å². The summed E-state index contributed by atoms with van der Waals surface area (Å²) in [7, 11) is 0. The molecule has 1 saturated heterocycles. The third-order valence-electron chi connectivity index (χ3n) is 5.47. The minimum absolute atomic E-state index is 0.0454. The number of benzene rings is 2. The fourth-order valence-electron chi connectivity index (χ4n) is 3.92. The highest BCUT2D eigenvalue weighted by atomic mass is 35.5. The summed E-state index contributed by atoms with van der Waals surface area (Å²) in [5.41, 5.74) is 1.61. The topological polar surface area (TPSA) is 80.0 Å². The molecule has 1 aromatic heterocycles. The van der Waals surface area contributed by atoms with Gasteiger partial charge < -0.3 is 14.3 Å². The number of carbonyl (C=O) groups is 2. The van der Waals surface area contributed by atoms with Crippen LogP contribution in [-0.4, -0.2) is 23.4 Å². The first kappa shape index (κ1) is 22.7. The number of nitrogens with zero attached hydrogens (tertiary/aromatic N) is 1. The molecule has 4 rings (SSSR count). The number of ether oxygens (including phenoxy) is 1. The highest BCUT2D eigenvalue weighted by Crippen LogP contribution is 2.43. The van der Waals surface area contributed by atoms with Gasteiger partial charge in [0.25, 0.3) is 11.7 Å². The Hall–Kier alpha value is -3.51. The number of amides is 1. The number of aliphatic hydroxyl groups excluding tert-OH is 1. The normalized spacial score (nSPS) is 17.6. The molecule has 33 heavy (non-hydrogen) atoms. The second-order valence-electron chi connectivity index (χ2n) is 7.93. The van der Waals surface area contributed by atoms with Crippen LogP contribution in [0.2, 0.25) is 5.02 Å². The lowest BCUT2D eigenvalue weighted by molar-refractivity contribution is -0.132. The molecule has 0 saturated carbocycles. The van der Waals surface area contributed by atoms with E-state index in [0.717, 1.165) is 12.0 Å². The second-order valence-corrected chi connectivity index (χ2v) is 8.36. The molecule has 1 aliphatic heterocycles. The van der Waals surface area contributed by atoms with Crippen LogP contribution in [0.3, 0.4) is 0 Å². The molecule has 0 bridgehead atoms. The van der Waals surface area contributed by atoms with Gasteiger partial charge in [0.2, 0.25) is 0 Å². The first-order valence-electron chi connectivity index (χ1n) is 10.7. The largest absolute Gasteiger partial charge is 0.507 e. The highest BCUT2D eigenvalue weighted by Gasteiger charge is 2.48. The summed E-state index contributed by atoms with van der Waals surface area (Å²) < 4.78 is 11.5. The summed E-state index contributed by atoms with van der Waals surface area (Å²) in [6, 6.07) is 14.3. The molecule has 1 amide bonds. The Kier molecular flexibility index (Phi) is 6.29. The highest BCUT2D eigenvalue weighted by molar-refractivity contribution is 6.51. The summed E-state index contributed by atoms with van der Waals surface area (Å²) >= 11 is 6.15. The molecule has 2 aromatic carbocycles. The number of hydrogen-bond acceptors (Lipinski definition) is 5. The van der Waals surface area contributed by atoms with Gasteiger partial charge in [-0.2, -0.15) is 0 Å². The fourth-order valence-corrected chi connectivity index (χ4v) is 4.11. The smallest absolute Gasteiger partial charge is 0.300 e. The number of ketones is 1. The average Bonchev–Trinajstić information content (AvgIpc) is 3.33. The van der Waals surface area contributed by atoms with E-state index in [0.29, 0.717) is 40.2 Å².